The lowest BCUT2D eigenvalue weighted by Gasteiger charge is -2.05. The van der Waals surface area contributed by atoms with Gasteiger partial charge in [0.1, 0.15) is 0 Å². The molecule has 0 amide bonds. The number of benzene rings is 1. The third-order valence-corrected chi connectivity index (χ3v) is 2.61. The summed E-state index contributed by atoms with van der Waals surface area (Å²) in [5.41, 5.74) is 0.625. The Bertz CT molecular complexity index is 296. The molecular formula is C12H15IO2. The number of halogens is 1. The van der Waals surface area contributed by atoms with Crippen molar-refractivity contribution in [1.29, 1.82) is 0 Å². The van der Waals surface area contributed by atoms with Gasteiger partial charge in [-0.05, 0) is 25.0 Å². The summed E-state index contributed by atoms with van der Waals surface area (Å²) in [4.78, 5) is 11.5. The van der Waals surface area contributed by atoms with Crippen LogP contribution in [0.4, 0.5) is 0 Å². The van der Waals surface area contributed by atoms with Crippen molar-refractivity contribution in [1.82, 2.24) is 0 Å². The Balaban J connectivity index is 2.25. The lowest BCUT2D eigenvalue weighted by Crippen LogP contribution is -2.07. The second kappa shape index (κ2) is 6.82. The monoisotopic (exact) mass is 318 g/mol. The first-order valence-electron chi connectivity index (χ1n) is 5.06. The van der Waals surface area contributed by atoms with Crippen LogP contribution in [0.15, 0.2) is 30.3 Å². The van der Waals surface area contributed by atoms with Crippen LogP contribution in [0, 0.1) is 0 Å². The minimum atomic E-state index is -0.225. The Labute approximate surface area is 104 Å². The molecular weight excluding hydrogens is 303 g/mol. The first kappa shape index (κ1) is 12.5. The number of carbonyl (C=O) groups excluding carboxylic acids is 1. The van der Waals surface area contributed by atoms with Crippen LogP contribution in [0.3, 0.4) is 0 Å². The van der Waals surface area contributed by atoms with E-state index in [1.165, 1.54) is 0 Å². The van der Waals surface area contributed by atoms with Crippen molar-refractivity contribution in [3.63, 3.8) is 0 Å². The summed E-state index contributed by atoms with van der Waals surface area (Å²) in [6.07, 6.45) is 2.02. The highest BCUT2D eigenvalue weighted by Gasteiger charge is 2.05. The molecule has 82 valence electrons. The average molecular weight is 318 g/mol. The number of hydrogen-bond acceptors (Lipinski definition) is 2. The van der Waals surface area contributed by atoms with Gasteiger partial charge in [-0.15, -0.1) is 0 Å². The zero-order chi connectivity index (χ0) is 11.1. The molecule has 1 unspecified atom stereocenters. The first-order valence-corrected chi connectivity index (χ1v) is 6.31. The topological polar surface area (TPSA) is 26.3 Å². The van der Waals surface area contributed by atoms with Gasteiger partial charge in [0, 0.05) is 3.92 Å². The molecule has 0 aromatic heterocycles. The van der Waals surface area contributed by atoms with Gasteiger partial charge in [-0.1, -0.05) is 47.7 Å². The molecule has 0 aliphatic rings. The average Bonchev–Trinajstić information content (AvgIpc) is 2.25. The standard InChI is InChI=1S/C12H15IO2/c1-10(13)6-5-9-15-12(14)11-7-3-2-4-8-11/h2-4,7-8,10H,5-6,9H2,1H3. The summed E-state index contributed by atoms with van der Waals surface area (Å²) < 4.78 is 5.77. The van der Waals surface area contributed by atoms with E-state index in [2.05, 4.69) is 29.5 Å². The number of rotatable bonds is 5. The molecule has 3 heteroatoms. The van der Waals surface area contributed by atoms with Crippen molar-refractivity contribution in [3.05, 3.63) is 35.9 Å². The largest absolute Gasteiger partial charge is 0.462 e. The minimum absolute atomic E-state index is 0.225. The molecule has 0 bridgehead atoms. The van der Waals surface area contributed by atoms with E-state index in [9.17, 15) is 4.79 Å². The predicted octanol–water partition coefficient (Wildman–Crippen LogP) is 3.45. The highest BCUT2D eigenvalue weighted by molar-refractivity contribution is 14.1. The molecule has 1 aromatic rings. The summed E-state index contributed by atoms with van der Waals surface area (Å²) in [7, 11) is 0. The van der Waals surface area contributed by atoms with E-state index in [0.29, 0.717) is 16.1 Å². The smallest absolute Gasteiger partial charge is 0.338 e. The molecule has 0 aliphatic carbocycles. The lowest BCUT2D eigenvalue weighted by molar-refractivity contribution is 0.0499. The van der Waals surface area contributed by atoms with Crippen molar-refractivity contribution < 1.29 is 9.53 Å². The highest BCUT2D eigenvalue weighted by Crippen LogP contribution is 2.08. The Hall–Kier alpha value is -0.580. The number of esters is 1. The zero-order valence-electron chi connectivity index (χ0n) is 8.78. The lowest BCUT2D eigenvalue weighted by atomic mass is 10.2. The molecule has 0 radical (unpaired) electrons. The van der Waals surface area contributed by atoms with Crippen molar-refractivity contribution in [2.45, 2.75) is 23.7 Å². The van der Waals surface area contributed by atoms with Gasteiger partial charge in [0.25, 0.3) is 0 Å². The van der Waals surface area contributed by atoms with Gasteiger partial charge in [-0.25, -0.2) is 4.79 Å². The fourth-order valence-corrected chi connectivity index (χ4v) is 1.63. The van der Waals surface area contributed by atoms with E-state index in [-0.39, 0.29) is 5.97 Å². The number of alkyl halides is 1. The normalized spacial score (nSPS) is 12.1. The van der Waals surface area contributed by atoms with E-state index in [0.717, 1.165) is 12.8 Å². The molecule has 15 heavy (non-hydrogen) atoms. The quantitative estimate of drug-likeness (QED) is 0.360. The fourth-order valence-electron chi connectivity index (χ4n) is 1.19. The Morgan fingerprint density at radius 3 is 2.67 bits per heavy atom. The second-order valence-electron chi connectivity index (χ2n) is 3.42. The van der Waals surface area contributed by atoms with Crippen LogP contribution < -0.4 is 0 Å². The van der Waals surface area contributed by atoms with Crippen molar-refractivity contribution in [3.8, 4) is 0 Å². The molecule has 1 aromatic carbocycles. The van der Waals surface area contributed by atoms with E-state index >= 15 is 0 Å². The molecule has 0 saturated heterocycles. The summed E-state index contributed by atoms with van der Waals surface area (Å²) in [6, 6.07) is 9.09. The number of carbonyl (C=O) groups is 1. The van der Waals surface area contributed by atoms with Crippen molar-refractivity contribution in [2.75, 3.05) is 6.61 Å². The van der Waals surface area contributed by atoms with Crippen LogP contribution in [-0.2, 0) is 4.74 Å². The van der Waals surface area contributed by atoms with Crippen LogP contribution in [-0.4, -0.2) is 16.5 Å². The molecule has 0 aliphatic heterocycles. The van der Waals surface area contributed by atoms with E-state index in [1.807, 2.05) is 18.2 Å². The van der Waals surface area contributed by atoms with Gasteiger partial charge in [0.15, 0.2) is 0 Å². The van der Waals surface area contributed by atoms with Gasteiger partial charge in [0.2, 0.25) is 0 Å². The molecule has 0 heterocycles. The third-order valence-electron chi connectivity index (χ3n) is 1.99. The zero-order valence-corrected chi connectivity index (χ0v) is 10.9. The SMILES string of the molecule is CC(I)CCCOC(=O)c1ccccc1. The maximum Gasteiger partial charge on any atom is 0.338 e. The van der Waals surface area contributed by atoms with Gasteiger partial charge in [-0.2, -0.15) is 0 Å². The maximum absolute atomic E-state index is 11.5. The van der Waals surface area contributed by atoms with Gasteiger partial charge in [-0.3, -0.25) is 0 Å². The molecule has 1 rings (SSSR count). The number of hydrogen-bond donors (Lipinski definition) is 0. The summed E-state index contributed by atoms with van der Waals surface area (Å²) in [5, 5.41) is 0. The summed E-state index contributed by atoms with van der Waals surface area (Å²) in [5.74, 6) is -0.225. The van der Waals surface area contributed by atoms with Crippen LogP contribution in [0.5, 0.6) is 0 Å². The van der Waals surface area contributed by atoms with Crippen LogP contribution >= 0.6 is 22.6 Å². The summed E-state index contributed by atoms with van der Waals surface area (Å²) in [6.45, 7) is 2.67. The van der Waals surface area contributed by atoms with Gasteiger partial charge < -0.3 is 4.74 Å². The molecule has 2 nitrogen and oxygen atoms in total. The van der Waals surface area contributed by atoms with Gasteiger partial charge >= 0.3 is 5.97 Å². The highest BCUT2D eigenvalue weighted by atomic mass is 127. The fraction of sp³-hybridized carbons (Fsp3) is 0.417. The Morgan fingerprint density at radius 2 is 2.07 bits per heavy atom. The van der Waals surface area contributed by atoms with Crippen LogP contribution in [0.1, 0.15) is 30.1 Å². The maximum atomic E-state index is 11.5. The molecule has 1 atom stereocenters. The van der Waals surface area contributed by atoms with Crippen LogP contribution in [0.25, 0.3) is 0 Å². The van der Waals surface area contributed by atoms with Crippen LogP contribution in [0.2, 0.25) is 0 Å². The van der Waals surface area contributed by atoms with Crippen molar-refractivity contribution >= 4 is 28.6 Å². The molecule has 0 fully saturated rings. The second-order valence-corrected chi connectivity index (χ2v) is 5.55. The molecule has 0 saturated carbocycles. The molecule has 0 N–H and O–H groups in total. The van der Waals surface area contributed by atoms with E-state index in [1.54, 1.807) is 12.1 Å². The Kier molecular flexibility index (Phi) is 5.68. The van der Waals surface area contributed by atoms with Gasteiger partial charge in [0.05, 0.1) is 12.2 Å². The first-order chi connectivity index (χ1) is 7.20. The Morgan fingerprint density at radius 1 is 1.40 bits per heavy atom. The number of ether oxygens (including phenoxy) is 1. The predicted molar refractivity (Wildman–Crippen MR) is 69.4 cm³/mol. The van der Waals surface area contributed by atoms with E-state index < -0.39 is 0 Å². The summed E-state index contributed by atoms with van der Waals surface area (Å²) >= 11 is 2.37. The van der Waals surface area contributed by atoms with Crippen molar-refractivity contribution in [2.24, 2.45) is 0 Å². The molecule has 0 spiro atoms. The van der Waals surface area contributed by atoms with E-state index in [4.69, 9.17) is 4.74 Å². The minimum Gasteiger partial charge on any atom is -0.462 e. The third kappa shape index (κ3) is 5.16.